The van der Waals surface area contributed by atoms with E-state index in [2.05, 4.69) is 4.98 Å². The van der Waals surface area contributed by atoms with Gasteiger partial charge in [-0.25, -0.2) is 14.0 Å². The molecule has 0 atom stereocenters. The van der Waals surface area contributed by atoms with E-state index in [4.69, 9.17) is 5.73 Å². The summed E-state index contributed by atoms with van der Waals surface area (Å²) in [5.41, 5.74) is 5.38. The first kappa shape index (κ1) is 18.8. The van der Waals surface area contributed by atoms with Crippen molar-refractivity contribution in [3.05, 3.63) is 75.3 Å². The number of carboxylic acid groups (broad SMARTS) is 2. The number of hydrogen-bond donors (Lipinski definition) is 4. The summed E-state index contributed by atoms with van der Waals surface area (Å²) in [4.78, 5) is 37.3. The number of aromatic amines is 1. The van der Waals surface area contributed by atoms with Gasteiger partial charge in [-0.3, -0.25) is 4.79 Å². The Bertz CT molecular complexity index is 1170. The first-order valence-corrected chi connectivity index (χ1v) is 8.10. The number of nitrogens with two attached hydrogens (primary N) is 1. The quantitative estimate of drug-likeness (QED) is 0.548. The van der Waals surface area contributed by atoms with Gasteiger partial charge in [0.1, 0.15) is 22.8 Å². The normalized spacial score (nSPS) is 10.6. The number of benzene rings is 2. The van der Waals surface area contributed by atoms with E-state index in [1.54, 1.807) is 18.2 Å². The molecule has 8 heteroatoms. The standard InChI is InChI=1S/C20H15FN2O5/c1-9-2-7-12(21)8-13(9)10-3-5-11(6-4-10)14-15(19(25)26)17(22)23-18(24)16(14)20(27)28/h2-8H,1H3,(H,25,26)(H,27,28)(H3,22,23,24). The number of aromatic carboxylic acids is 2. The number of anilines is 1. The number of H-pyrrole nitrogens is 1. The lowest BCUT2D eigenvalue weighted by molar-refractivity contribution is 0.0695. The zero-order chi connectivity index (χ0) is 20.6. The molecule has 3 aromatic rings. The molecular weight excluding hydrogens is 367 g/mol. The number of halogens is 1. The van der Waals surface area contributed by atoms with Crippen molar-refractivity contribution in [3.63, 3.8) is 0 Å². The predicted molar refractivity (Wildman–Crippen MR) is 101 cm³/mol. The fraction of sp³-hybridized carbons (Fsp3) is 0.0500. The lowest BCUT2D eigenvalue weighted by Gasteiger charge is -2.13. The zero-order valence-electron chi connectivity index (χ0n) is 14.6. The lowest BCUT2D eigenvalue weighted by Crippen LogP contribution is -2.24. The van der Waals surface area contributed by atoms with Crippen molar-refractivity contribution in [2.24, 2.45) is 0 Å². The number of nitrogens with one attached hydrogen (secondary N) is 1. The highest BCUT2D eigenvalue weighted by Crippen LogP contribution is 2.32. The maximum atomic E-state index is 13.6. The van der Waals surface area contributed by atoms with Crippen molar-refractivity contribution in [2.45, 2.75) is 6.92 Å². The van der Waals surface area contributed by atoms with Crippen LogP contribution in [0.3, 0.4) is 0 Å². The first-order valence-electron chi connectivity index (χ1n) is 8.10. The van der Waals surface area contributed by atoms with Gasteiger partial charge in [0.05, 0.1) is 0 Å². The minimum Gasteiger partial charge on any atom is -0.478 e. The summed E-state index contributed by atoms with van der Waals surface area (Å²) in [5, 5.41) is 18.9. The van der Waals surface area contributed by atoms with Gasteiger partial charge >= 0.3 is 11.9 Å². The van der Waals surface area contributed by atoms with Crippen LogP contribution in [0.2, 0.25) is 0 Å². The summed E-state index contributed by atoms with van der Waals surface area (Å²) in [6.45, 7) is 1.81. The van der Waals surface area contributed by atoms with E-state index >= 15 is 0 Å². The van der Waals surface area contributed by atoms with Gasteiger partial charge in [-0.1, -0.05) is 30.3 Å². The molecule has 7 nitrogen and oxygen atoms in total. The Morgan fingerprint density at radius 2 is 1.54 bits per heavy atom. The topological polar surface area (TPSA) is 133 Å². The molecule has 1 heterocycles. The summed E-state index contributed by atoms with van der Waals surface area (Å²) < 4.78 is 13.6. The van der Waals surface area contributed by atoms with Gasteiger partial charge in [-0.05, 0) is 41.3 Å². The minimum atomic E-state index is -1.58. The molecule has 142 valence electrons. The third-order valence-electron chi connectivity index (χ3n) is 4.36. The molecule has 0 bridgehead atoms. The molecule has 0 unspecified atom stereocenters. The number of carbonyl (C=O) groups is 2. The van der Waals surface area contributed by atoms with Gasteiger partial charge in [-0.15, -0.1) is 0 Å². The SMILES string of the molecule is Cc1ccc(F)cc1-c1ccc(-c2c(C(=O)O)c(N)[nH]c(=O)c2C(=O)O)cc1. The summed E-state index contributed by atoms with van der Waals surface area (Å²) in [6, 6.07) is 10.4. The molecule has 0 amide bonds. The van der Waals surface area contributed by atoms with Crippen LogP contribution < -0.4 is 11.3 Å². The lowest BCUT2D eigenvalue weighted by atomic mass is 9.93. The molecule has 0 saturated carbocycles. The Kier molecular flexibility index (Phi) is 4.70. The highest BCUT2D eigenvalue weighted by atomic mass is 19.1. The Morgan fingerprint density at radius 3 is 2.11 bits per heavy atom. The minimum absolute atomic E-state index is 0.186. The van der Waals surface area contributed by atoms with Crippen molar-refractivity contribution < 1.29 is 24.2 Å². The second-order valence-corrected chi connectivity index (χ2v) is 6.14. The molecule has 28 heavy (non-hydrogen) atoms. The Hall–Kier alpha value is -3.94. The Labute approximate surface area is 157 Å². The molecule has 0 aliphatic carbocycles. The highest BCUT2D eigenvalue weighted by Gasteiger charge is 2.26. The van der Waals surface area contributed by atoms with E-state index in [9.17, 15) is 29.0 Å². The molecule has 0 radical (unpaired) electrons. The number of carboxylic acids is 2. The molecule has 0 fully saturated rings. The smallest absolute Gasteiger partial charge is 0.342 e. The van der Waals surface area contributed by atoms with E-state index in [1.807, 2.05) is 6.92 Å². The number of nitrogen functional groups attached to an aromatic ring is 1. The van der Waals surface area contributed by atoms with Crippen LogP contribution in [0.5, 0.6) is 0 Å². The predicted octanol–water partition coefficient (Wildman–Crippen LogP) is 3.14. The fourth-order valence-corrected chi connectivity index (χ4v) is 3.06. The number of pyridine rings is 1. The number of rotatable bonds is 4. The first-order chi connectivity index (χ1) is 13.2. The van der Waals surface area contributed by atoms with Gasteiger partial charge in [0, 0.05) is 5.56 Å². The third kappa shape index (κ3) is 3.23. The van der Waals surface area contributed by atoms with Crippen LogP contribution in [0.4, 0.5) is 10.2 Å². The molecule has 0 spiro atoms. The molecule has 0 saturated heterocycles. The second kappa shape index (κ2) is 6.99. The Balaban J connectivity index is 2.25. The van der Waals surface area contributed by atoms with Crippen LogP contribution in [-0.4, -0.2) is 27.1 Å². The average Bonchev–Trinajstić information content (AvgIpc) is 2.62. The number of hydrogen-bond acceptors (Lipinski definition) is 4. The molecule has 0 aliphatic heterocycles. The maximum Gasteiger partial charge on any atom is 0.342 e. The highest BCUT2D eigenvalue weighted by molar-refractivity contribution is 6.07. The van der Waals surface area contributed by atoms with Crippen LogP contribution in [0, 0.1) is 12.7 Å². The van der Waals surface area contributed by atoms with Crippen molar-refractivity contribution in [1.29, 1.82) is 0 Å². The van der Waals surface area contributed by atoms with Crippen molar-refractivity contribution in [3.8, 4) is 22.3 Å². The average molecular weight is 382 g/mol. The zero-order valence-corrected chi connectivity index (χ0v) is 14.6. The van der Waals surface area contributed by atoms with E-state index < -0.39 is 40.3 Å². The Morgan fingerprint density at radius 1 is 0.964 bits per heavy atom. The maximum absolute atomic E-state index is 13.6. The fourth-order valence-electron chi connectivity index (χ4n) is 3.06. The van der Waals surface area contributed by atoms with E-state index in [0.717, 1.165) is 5.56 Å². The molecule has 1 aromatic heterocycles. The van der Waals surface area contributed by atoms with Gasteiger partial charge < -0.3 is 20.9 Å². The van der Waals surface area contributed by atoms with Gasteiger partial charge in [-0.2, -0.15) is 0 Å². The van der Waals surface area contributed by atoms with Crippen LogP contribution in [-0.2, 0) is 0 Å². The number of aryl methyl sites for hydroxylation is 1. The van der Waals surface area contributed by atoms with Crippen LogP contribution in [0.25, 0.3) is 22.3 Å². The number of aromatic nitrogens is 1. The van der Waals surface area contributed by atoms with Crippen LogP contribution >= 0.6 is 0 Å². The van der Waals surface area contributed by atoms with Gasteiger partial charge in [0.2, 0.25) is 0 Å². The molecule has 2 aromatic carbocycles. The molecule has 5 N–H and O–H groups in total. The molecule has 0 aliphatic rings. The largest absolute Gasteiger partial charge is 0.478 e. The van der Waals surface area contributed by atoms with Gasteiger partial charge in [0.25, 0.3) is 5.56 Å². The van der Waals surface area contributed by atoms with Crippen LogP contribution in [0.1, 0.15) is 26.3 Å². The molecular formula is C20H15FN2O5. The summed E-state index contributed by atoms with van der Waals surface area (Å²) in [7, 11) is 0. The van der Waals surface area contributed by atoms with E-state index in [-0.39, 0.29) is 11.1 Å². The van der Waals surface area contributed by atoms with E-state index in [1.165, 1.54) is 24.3 Å². The third-order valence-corrected chi connectivity index (χ3v) is 4.36. The van der Waals surface area contributed by atoms with E-state index in [0.29, 0.717) is 11.1 Å². The van der Waals surface area contributed by atoms with Crippen molar-refractivity contribution >= 4 is 17.8 Å². The van der Waals surface area contributed by atoms with Crippen molar-refractivity contribution in [1.82, 2.24) is 4.98 Å². The van der Waals surface area contributed by atoms with Gasteiger partial charge in [0.15, 0.2) is 0 Å². The van der Waals surface area contributed by atoms with Crippen molar-refractivity contribution in [2.75, 3.05) is 5.73 Å². The summed E-state index contributed by atoms with van der Waals surface area (Å²) in [6.07, 6.45) is 0. The molecule has 3 rings (SSSR count). The summed E-state index contributed by atoms with van der Waals surface area (Å²) >= 11 is 0. The second-order valence-electron chi connectivity index (χ2n) is 6.14. The van der Waals surface area contributed by atoms with Crippen LogP contribution in [0.15, 0.2) is 47.3 Å². The summed E-state index contributed by atoms with van der Waals surface area (Å²) in [5.74, 6) is -3.91. The monoisotopic (exact) mass is 382 g/mol.